The maximum Gasteiger partial charge on any atom is 0.253 e. The molecule has 2 fully saturated rings. The molecule has 1 unspecified atom stereocenters. The van der Waals surface area contributed by atoms with Crippen molar-refractivity contribution in [1.29, 1.82) is 0 Å². The lowest BCUT2D eigenvalue weighted by atomic mass is 9.90. The zero-order valence-electron chi connectivity index (χ0n) is 36.1. The first kappa shape index (κ1) is 47.9. The van der Waals surface area contributed by atoms with Gasteiger partial charge in [-0.2, -0.15) is 4.31 Å². The van der Waals surface area contributed by atoms with E-state index < -0.39 is 74.6 Å². The second kappa shape index (κ2) is 18.7. The Balaban J connectivity index is 1.13. The van der Waals surface area contributed by atoms with Crippen molar-refractivity contribution in [3.63, 3.8) is 0 Å². The molecule has 0 aliphatic heterocycles. The molecule has 1 atom stereocenters. The number of phenolic OH excluding ortho intramolecular Hbond substituents is 2. The van der Waals surface area contributed by atoms with Crippen molar-refractivity contribution in [2.75, 3.05) is 56.1 Å². The monoisotopic (exact) mass is 972 g/mol. The van der Waals surface area contributed by atoms with E-state index in [1.807, 2.05) is 6.07 Å². The molecule has 348 valence electrons. The number of nitrogens with zero attached hydrogens (tertiary/aromatic N) is 2. The van der Waals surface area contributed by atoms with Crippen LogP contribution in [0.3, 0.4) is 0 Å². The van der Waals surface area contributed by atoms with Gasteiger partial charge in [-0.25, -0.2) is 21.1 Å². The fraction of sp³-hybridized carbons (Fsp3) is 0.409. The highest BCUT2D eigenvalue weighted by molar-refractivity contribution is 7.89. The first-order valence-corrected chi connectivity index (χ1v) is 24.6. The lowest BCUT2D eigenvalue weighted by molar-refractivity contribution is 0.173. The molecule has 0 amide bonds. The predicted octanol–water partition coefficient (Wildman–Crippen LogP) is 6.26. The van der Waals surface area contributed by atoms with Crippen LogP contribution < -0.4 is 43.0 Å². The summed E-state index contributed by atoms with van der Waals surface area (Å²) in [6.45, 7) is 0.244. The van der Waals surface area contributed by atoms with Crippen LogP contribution in [0.4, 0.5) is 34.1 Å². The minimum atomic E-state index is -4.53. The molecular formula is C44H50Cl2N6O11S2. The van der Waals surface area contributed by atoms with Crippen LogP contribution in [0.25, 0.3) is 0 Å². The molecule has 6 N–H and O–H groups in total. The quantitative estimate of drug-likeness (QED) is 0.0395. The van der Waals surface area contributed by atoms with Crippen molar-refractivity contribution in [2.24, 2.45) is 5.92 Å². The molecule has 0 bridgehead atoms. The second-order valence-electron chi connectivity index (χ2n) is 16.9. The van der Waals surface area contributed by atoms with Crippen molar-refractivity contribution in [3.05, 3.63) is 111 Å². The SMILES string of the molecule is COCCC1(Nc2c(Nc3ccc(Cl)c(S(=O)(=O)N(C)Cc4cccc(C(Nc5c(Nc6ccc(Cl)c(S(=O)(=O)N(C)C)c6O)c(=O)c5=O)C5CCCC5)c4)c3O)c(=O)c2=O)CCCC1. The van der Waals surface area contributed by atoms with E-state index in [1.54, 1.807) is 25.3 Å². The van der Waals surface area contributed by atoms with Gasteiger partial charge in [0.05, 0.1) is 27.5 Å². The smallest absolute Gasteiger partial charge is 0.253 e. The molecule has 2 aliphatic carbocycles. The summed E-state index contributed by atoms with van der Waals surface area (Å²) in [5.74, 6) is -1.50. The maximum atomic E-state index is 14.2. The van der Waals surface area contributed by atoms with Gasteiger partial charge < -0.3 is 36.2 Å². The normalized spacial score (nSPS) is 16.2. The molecule has 0 radical (unpaired) electrons. The maximum absolute atomic E-state index is 14.2. The van der Waals surface area contributed by atoms with E-state index >= 15 is 0 Å². The number of aromatic hydroxyl groups is 2. The number of hydrogen-bond acceptors (Lipinski definition) is 15. The Morgan fingerprint density at radius 1 is 0.738 bits per heavy atom. The first-order chi connectivity index (χ1) is 30.7. The summed E-state index contributed by atoms with van der Waals surface area (Å²) < 4.78 is 61.5. The number of rotatable bonds is 19. The summed E-state index contributed by atoms with van der Waals surface area (Å²) in [5, 5.41) is 34.0. The molecule has 0 saturated heterocycles. The number of methoxy groups -OCH3 is 1. The third kappa shape index (κ3) is 9.11. The zero-order chi connectivity index (χ0) is 47.2. The van der Waals surface area contributed by atoms with E-state index in [4.69, 9.17) is 27.9 Å². The van der Waals surface area contributed by atoms with Gasteiger partial charge in [0, 0.05) is 46.9 Å². The summed E-state index contributed by atoms with van der Waals surface area (Å²) >= 11 is 12.6. The predicted molar refractivity (Wildman–Crippen MR) is 251 cm³/mol. The first-order valence-electron chi connectivity index (χ1n) is 21.0. The minimum absolute atomic E-state index is 0.00606. The van der Waals surface area contributed by atoms with Crippen LogP contribution in [0.2, 0.25) is 10.0 Å². The summed E-state index contributed by atoms with van der Waals surface area (Å²) in [6, 6.07) is 11.6. The van der Waals surface area contributed by atoms with Crippen LogP contribution in [0.1, 0.15) is 75.0 Å². The molecule has 21 heteroatoms. The highest BCUT2D eigenvalue weighted by atomic mass is 35.5. The average molecular weight is 974 g/mol. The molecule has 5 aromatic carbocycles. The van der Waals surface area contributed by atoms with E-state index in [0.717, 1.165) is 60.0 Å². The number of sulfonamides is 2. The molecule has 17 nitrogen and oxygen atoms in total. The van der Waals surface area contributed by atoms with Crippen LogP contribution in [0.5, 0.6) is 11.5 Å². The van der Waals surface area contributed by atoms with Gasteiger partial charge in [-0.05, 0) is 73.4 Å². The molecule has 5 aromatic rings. The van der Waals surface area contributed by atoms with Gasteiger partial charge in [-0.15, -0.1) is 0 Å². The zero-order valence-corrected chi connectivity index (χ0v) is 39.2. The molecule has 2 aliphatic rings. The average Bonchev–Trinajstić information content (AvgIpc) is 3.98. The number of nitrogens with one attached hydrogen (secondary N) is 4. The van der Waals surface area contributed by atoms with Crippen molar-refractivity contribution < 1.29 is 31.8 Å². The van der Waals surface area contributed by atoms with Crippen molar-refractivity contribution in [2.45, 2.75) is 85.7 Å². The van der Waals surface area contributed by atoms with Crippen molar-refractivity contribution in [3.8, 4) is 11.5 Å². The Labute approximate surface area is 385 Å². The van der Waals surface area contributed by atoms with E-state index in [-0.39, 0.29) is 56.6 Å². The molecule has 65 heavy (non-hydrogen) atoms. The molecule has 0 heterocycles. The van der Waals surface area contributed by atoms with Crippen LogP contribution in [-0.4, -0.2) is 76.1 Å². The van der Waals surface area contributed by atoms with Crippen LogP contribution in [0, 0.1) is 5.92 Å². The molecular weight excluding hydrogens is 924 g/mol. The van der Waals surface area contributed by atoms with E-state index in [0.29, 0.717) is 24.2 Å². The number of ether oxygens (including phenoxy) is 1. The summed E-state index contributed by atoms with van der Waals surface area (Å²) in [4.78, 5) is 50.6. The molecule has 0 aromatic heterocycles. The fourth-order valence-corrected chi connectivity index (χ4v) is 12.1. The lowest BCUT2D eigenvalue weighted by Gasteiger charge is -2.32. The van der Waals surface area contributed by atoms with Gasteiger partial charge in [0.2, 0.25) is 20.0 Å². The van der Waals surface area contributed by atoms with Gasteiger partial charge >= 0.3 is 0 Å². The molecule has 2 saturated carbocycles. The summed E-state index contributed by atoms with van der Waals surface area (Å²) in [5.41, 5.74) is -3.13. The Kier molecular flexibility index (Phi) is 13.8. The van der Waals surface area contributed by atoms with Crippen LogP contribution in [0.15, 0.2) is 77.5 Å². The van der Waals surface area contributed by atoms with Gasteiger partial charge in [0.1, 0.15) is 32.5 Å². The fourth-order valence-electron chi connectivity index (χ4n) is 8.87. The van der Waals surface area contributed by atoms with Crippen molar-refractivity contribution in [1.82, 2.24) is 8.61 Å². The van der Waals surface area contributed by atoms with Gasteiger partial charge in [-0.3, -0.25) is 19.2 Å². The third-order valence-corrected chi connectivity index (χ3v) is 17.2. The highest BCUT2D eigenvalue weighted by Gasteiger charge is 2.38. The number of benzene rings is 3. The number of hydrogen-bond donors (Lipinski definition) is 6. The number of phenols is 2. The van der Waals surface area contributed by atoms with Crippen molar-refractivity contribution >= 4 is 77.4 Å². The minimum Gasteiger partial charge on any atom is -0.504 e. The van der Waals surface area contributed by atoms with Gasteiger partial charge in [0.25, 0.3) is 21.7 Å². The Morgan fingerprint density at radius 2 is 1.26 bits per heavy atom. The van der Waals surface area contributed by atoms with Gasteiger partial charge in [0.15, 0.2) is 11.5 Å². The number of halogens is 2. The Hall–Kier alpha value is -5.02. The second-order valence-corrected chi connectivity index (χ2v) is 21.8. The summed E-state index contributed by atoms with van der Waals surface area (Å²) in [7, 11) is -3.31. The topological polar surface area (TPSA) is 241 Å². The van der Waals surface area contributed by atoms with E-state index in [9.17, 15) is 46.2 Å². The largest absolute Gasteiger partial charge is 0.504 e. The number of anilines is 6. The Bertz CT molecular complexity index is 3010. The highest BCUT2D eigenvalue weighted by Crippen LogP contribution is 2.44. The molecule has 0 spiro atoms. The Morgan fingerprint density at radius 3 is 1.82 bits per heavy atom. The lowest BCUT2D eigenvalue weighted by Crippen LogP contribution is -2.44. The molecule has 7 rings (SSSR count). The van der Waals surface area contributed by atoms with Crippen LogP contribution >= 0.6 is 23.2 Å². The third-order valence-electron chi connectivity index (χ3n) is 12.5. The summed E-state index contributed by atoms with van der Waals surface area (Å²) in [6.07, 6.45) is 7.38. The van der Waals surface area contributed by atoms with E-state index in [1.165, 1.54) is 45.4 Å². The van der Waals surface area contributed by atoms with E-state index in [2.05, 4.69) is 21.3 Å². The van der Waals surface area contributed by atoms with Crippen LogP contribution in [-0.2, 0) is 31.3 Å². The van der Waals surface area contributed by atoms with Gasteiger partial charge in [-0.1, -0.05) is 73.2 Å². The standard InChI is InChI=1S/C44H50Cl2N6O11S2/c1-51(2)64(59,60)42-27(45)14-16-29(36(42)53)47-32-33(39(56)38(32)55)49-31(25-11-5-6-12-25)26-13-9-10-24(22-26)23-52(3)65(61,62)43-28(46)15-17-30(37(43)54)48-34-35(41(58)40(34)57)50-44(20-21-63-4)18-7-8-19-44/h9-10,13-17,22,25,31,47-50,53-54H,5-8,11-12,18-21,23H2,1-4H3.